The van der Waals surface area contributed by atoms with Crippen LogP contribution in [-0.2, 0) is 11.2 Å². The van der Waals surface area contributed by atoms with Crippen LogP contribution in [0.3, 0.4) is 0 Å². The van der Waals surface area contributed by atoms with E-state index in [-0.39, 0.29) is 0 Å². The highest BCUT2D eigenvalue weighted by Crippen LogP contribution is 2.05. The van der Waals surface area contributed by atoms with Crippen molar-refractivity contribution >= 4 is 6.29 Å². The molecule has 0 unspecified atom stereocenters. The van der Waals surface area contributed by atoms with Crippen LogP contribution in [0.1, 0.15) is 5.56 Å². The third kappa shape index (κ3) is 2.21. The SMILES string of the molecule is N#C[C@H](C=O)Cc1ccccc1. The number of aldehydes is 1. The molecule has 1 rings (SSSR count). The van der Waals surface area contributed by atoms with Crippen molar-refractivity contribution in [2.75, 3.05) is 0 Å². The molecule has 12 heavy (non-hydrogen) atoms. The Labute approximate surface area is 71.4 Å². The van der Waals surface area contributed by atoms with Gasteiger partial charge in [0.2, 0.25) is 0 Å². The summed E-state index contributed by atoms with van der Waals surface area (Å²) in [5, 5.41) is 8.51. The molecule has 0 aromatic heterocycles. The molecule has 0 aliphatic carbocycles. The lowest BCUT2D eigenvalue weighted by Gasteiger charge is -1.99. The topological polar surface area (TPSA) is 40.9 Å². The average molecular weight is 159 g/mol. The van der Waals surface area contributed by atoms with Gasteiger partial charge in [-0.25, -0.2) is 0 Å². The first kappa shape index (κ1) is 8.48. The van der Waals surface area contributed by atoms with Gasteiger partial charge in [0.1, 0.15) is 12.2 Å². The summed E-state index contributed by atoms with van der Waals surface area (Å²) >= 11 is 0. The highest BCUT2D eigenvalue weighted by atomic mass is 16.1. The molecule has 0 aliphatic heterocycles. The van der Waals surface area contributed by atoms with Crippen LogP contribution in [-0.4, -0.2) is 6.29 Å². The standard InChI is InChI=1S/C10H9NO/c11-7-10(8-12)6-9-4-2-1-3-5-9/h1-5,8,10H,6H2/t10-/m1/s1. The summed E-state index contributed by atoms with van der Waals surface area (Å²) in [7, 11) is 0. The van der Waals surface area contributed by atoms with Crippen molar-refractivity contribution in [3.63, 3.8) is 0 Å². The quantitative estimate of drug-likeness (QED) is 0.628. The van der Waals surface area contributed by atoms with Crippen molar-refractivity contribution in [1.29, 1.82) is 5.26 Å². The average Bonchev–Trinajstić information content (AvgIpc) is 2.16. The first-order valence-corrected chi connectivity index (χ1v) is 3.75. The molecule has 1 atom stereocenters. The lowest BCUT2D eigenvalue weighted by molar-refractivity contribution is -0.109. The van der Waals surface area contributed by atoms with Crippen LogP contribution in [0.25, 0.3) is 0 Å². The van der Waals surface area contributed by atoms with Gasteiger partial charge in [-0.3, -0.25) is 0 Å². The molecule has 0 saturated carbocycles. The van der Waals surface area contributed by atoms with E-state index in [0.717, 1.165) is 5.56 Å². The minimum Gasteiger partial charge on any atom is -0.302 e. The van der Waals surface area contributed by atoms with Crippen LogP contribution in [0, 0.1) is 17.2 Å². The van der Waals surface area contributed by atoms with E-state index in [1.54, 1.807) is 0 Å². The van der Waals surface area contributed by atoms with Crippen LogP contribution in [0.2, 0.25) is 0 Å². The van der Waals surface area contributed by atoms with Gasteiger partial charge in [-0.05, 0) is 12.0 Å². The first-order chi connectivity index (χ1) is 5.86. The van der Waals surface area contributed by atoms with Gasteiger partial charge in [0.25, 0.3) is 0 Å². The van der Waals surface area contributed by atoms with E-state index >= 15 is 0 Å². The van der Waals surface area contributed by atoms with E-state index < -0.39 is 5.92 Å². The Bertz CT molecular complexity index is 286. The first-order valence-electron chi connectivity index (χ1n) is 3.75. The molecule has 2 nitrogen and oxygen atoms in total. The van der Waals surface area contributed by atoms with Crippen molar-refractivity contribution in [3.8, 4) is 6.07 Å². The van der Waals surface area contributed by atoms with Crippen LogP contribution in [0.5, 0.6) is 0 Å². The maximum atomic E-state index is 10.3. The summed E-state index contributed by atoms with van der Waals surface area (Å²) < 4.78 is 0. The van der Waals surface area contributed by atoms with Crippen molar-refractivity contribution in [3.05, 3.63) is 35.9 Å². The Morgan fingerprint density at radius 3 is 2.58 bits per heavy atom. The summed E-state index contributed by atoms with van der Waals surface area (Å²) in [6.45, 7) is 0. The summed E-state index contributed by atoms with van der Waals surface area (Å²) in [6.07, 6.45) is 1.20. The Morgan fingerprint density at radius 2 is 2.08 bits per heavy atom. The fourth-order valence-corrected chi connectivity index (χ4v) is 0.992. The predicted octanol–water partition coefficient (Wildman–Crippen LogP) is 1.57. The van der Waals surface area contributed by atoms with Gasteiger partial charge in [-0.1, -0.05) is 30.3 Å². The Balaban J connectivity index is 2.64. The molecule has 0 spiro atoms. The number of carbonyl (C=O) groups is 1. The molecule has 0 N–H and O–H groups in total. The molecule has 1 aromatic carbocycles. The molecule has 0 heterocycles. The third-order valence-corrected chi connectivity index (χ3v) is 1.63. The van der Waals surface area contributed by atoms with Gasteiger partial charge in [0.05, 0.1) is 6.07 Å². The number of hydrogen-bond donors (Lipinski definition) is 0. The van der Waals surface area contributed by atoms with Crippen LogP contribution < -0.4 is 0 Å². The Morgan fingerprint density at radius 1 is 1.42 bits per heavy atom. The second-order valence-electron chi connectivity index (χ2n) is 2.56. The molecule has 0 bridgehead atoms. The van der Waals surface area contributed by atoms with Crippen molar-refractivity contribution in [1.82, 2.24) is 0 Å². The third-order valence-electron chi connectivity index (χ3n) is 1.63. The monoisotopic (exact) mass is 159 g/mol. The summed E-state index contributed by atoms with van der Waals surface area (Å²) in [4.78, 5) is 10.3. The second kappa shape index (κ2) is 4.30. The Hall–Kier alpha value is -1.62. The van der Waals surface area contributed by atoms with E-state index in [1.807, 2.05) is 36.4 Å². The predicted molar refractivity (Wildman–Crippen MR) is 45.3 cm³/mol. The maximum absolute atomic E-state index is 10.3. The zero-order valence-corrected chi connectivity index (χ0v) is 6.60. The van der Waals surface area contributed by atoms with E-state index in [0.29, 0.717) is 12.7 Å². The number of nitriles is 1. The Kier molecular flexibility index (Phi) is 3.04. The maximum Gasteiger partial charge on any atom is 0.137 e. The van der Waals surface area contributed by atoms with Gasteiger partial charge in [0.15, 0.2) is 0 Å². The van der Waals surface area contributed by atoms with Gasteiger partial charge >= 0.3 is 0 Å². The van der Waals surface area contributed by atoms with Gasteiger partial charge in [-0.15, -0.1) is 0 Å². The number of nitrogens with zero attached hydrogens (tertiary/aromatic N) is 1. The minimum absolute atomic E-state index is 0.507. The largest absolute Gasteiger partial charge is 0.302 e. The molecule has 1 aromatic rings. The van der Waals surface area contributed by atoms with Crippen molar-refractivity contribution in [2.45, 2.75) is 6.42 Å². The number of rotatable bonds is 3. The van der Waals surface area contributed by atoms with Crippen LogP contribution >= 0.6 is 0 Å². The summed E-state index contributed by atoms with van der Waals surface area (Å²) in [5.41, 5.74) is 1.02. The smallest absolute Gasteiger partial charge is 0.137 e. The summed E-state index contributed by atoms with van der Waals surface area (Å²) in [6, 6.07) is 11.5. The van der Waals surface area contributed by atoms with Gasteiger partial charge in [-0.2, -0.15) is 5.26 Å². The summed E-state index contributed by atoms with van der Waals surface area (Å²) in [5.74, 6) is -0.507. The van der Waals surface area contributed by atoms with E-state index in [1.165, 1.54) is 0 Å². The molecule has 0 aliphatic rings. The van der Waals surface area contributed by atoms with Crippen LogP contribution in [0.15, 0.2) is 30.3 Å². The van der Waals surface area contributed by atoms with Crippen LogP contribution in [0.4, 0.5) is 0 Å². The molecule has 0 saturated heterocycles. The normalized spacial score (nSPS) is 11.6. The number of hydrogen-bond acceptors (Lipinski definition) is 2. The fraction of sp³-hybridized carbons (Fsp3) is 0.200. The van der Waals surface area contributed by atoms with E-state index in [2.05, 4.69) is 0 Å². The van der Waals surface area contributed by atoms with Gasteiger partial charge < -0.3 is 4.79 Å². The highest BCUT2D eigenvalue weighted by molar-refractivity contribution is 5.58. The van der Waals surface area contributed by atoms with Crippen molar-refractivity contribution < 1.29 is 4.79 Å². The molecule has 0 amide bonds. The fourth-order valence-electron chi connectivity index (χ4n) is 0.992. The van der Waals surface area contributed by atoms with Gasteiger partial charge in [0, 0.05) is 0 Å². The second-order valence-corrected chi connectivity index (χ2v) is 2.56. The minimum atomic E-state index is -0.507. The highest BCUT2D eigenvalue weighted by Gasteiger charge is 2.05. The lowest BCUT2D eigenvalue weighted by Crippen LogP contribution is -2.02. The zero-order valence-electron chi connectivity index (χ0n) is 6.60. The van der Waals surface area contributed by atoms with E-state index in [9.17, 15) is 4.79 Å². The molecular formula is C10H9NO. The molecule has 60 valence electrons. The molecule has 0 radical (unpaired) electrons. The molecule has 0 fully saturated rings. The number of carbonyl (C=O) groups excluding carboxylic acids is 1. The molecule has 2 heteroatoms. The van der Waals surface area contributed by atoms with Crippen molar-refractivity contribution in [2.24, 2.45) is 5.92 Å². The zero-order chi connectivity index (χ0) is 8.81. The lowest BCUT2D eigenvalue weighted by atomic mass is 10.0. The molecular weight excluding hydrogens is 150 g/mol. The number of benzene rings is 1. The van der Waals surface area contributed by atoms with E-state index in [4.69, 9.17) is 5.26 Å².